The zero-order chi connectivity index (χ0) is 21.5. The maximum Gasteiger partial charge on any atom is 0.303 e. The third-order valence-electron chi connectivity index (χ3n) is 5.25. The summed E-state index contributed by atoms with van der Waals surface area (Å²) in [5.74, 6) is -2.27. The van der Waals surface area contributed by atoms with E-state index in [1.54, 1.807) is 19.9 Å². The Kier molecular flexibility index (Phi) is 5.26. The molecular formula is C22H23FO6. The van der Waals surface area contributed by atoms with Crippen molar-refractivity contribution >= 4 is 11.8 Å². The number of carboxylic acids is 1. The van der Waals surface area contributed by atoms with Crippen LogP contribution < -0.4 is 9.47 Å². The Labute approximate surface area is 167 Å². The number of carboxylic acid groups (broad SMARTS) is 1. The topological polar surface area (TPSA) is 93.1 Å². The van der Waals surface area contributed by atoms with E-state index in [1.807, 2.05) is 19.9 Å². The maximum atomic E-state index is 14.2. The number of benzene rings is 2. The summed E-state index contributed by atoms with van der Waals surface area (Å²) in [4.78, 5) is 23.2. The van der Waals surface area contributed by atoms with Crippen LogP contribution in [-0.4, -0.2) is 27.6 Å². The Morgan fingerprint density at radius 2 is 1.90 bits per heavy atom. The molecule has 2 aromatic rings. The van der Waals surface area contributed by atoms with E-state index in [0.29, 0.717) is 17.7 Å². The van der Waals surface area contributed by atoms with Crippen molar-refractivity contribution in [2.45, 2.75) is 52.7 Å². The van der Waals surface area contributed by atoms with Crippen molar-refractivity contribution in [3.63, 3.8) is 0 Å². The molecule has 0 aromatic heterocycles. The van der Waals surface area contributed by atoms with Crippen LogP contribution in [0.4, 0.5) is 4.39 Å². The van der Waals surface area contributed by atoms with Crippen LogP contribution in [-0.2, 0) is 17.8 Å². The van der Waals surface area contributed by atoms with Crippen molar-refractivity contribution < 1.29 is 33.7 Å². The van der Waals surface area contributed by atoms with Crippen LogP contribution >= 0.6 is 0 Å². The minimum absolute atomic E-state index is 0.0422. The largest absolute Gasteiger partial charge is 0.504 e. The molecule has 0 aliphatic carbocycles. The third-order valence-corrected chi connectivity index (χ3v) is 5.25. The number of Topliss-reactive ketones (excluding diaryl/α,β-unsaturated/α-hetero) is 1. The Morgan fingerprint density at radius 3 is 2.55 bits per heavy atom. The summed E-state index contributed by atoms with van der Waals surface area (Å²) < 4.78 is 25.7. The summed E-state index contributed by atoms with van der Waals surface area (Å²) in [6.45, 7) is 6.81. The zero-order valence-corrected chi connectivity index (χ0v) is 16.8. The van der Waals surface area contributed by atoms with E-state index in [4.69, 9.17) is 14.6 Å². The predicted molar refractivity (Wildman–Crippen MR) is 103 cm³/mol. The van der Waals surface area contributed by atoms with Gasteiger partial charge in [-0.3, -0.25) is 9.59 Å². The van der Waals surface area contributed by atoms with Crippen molar-refractivity contribution in [1.82, 2.24) is 0 Å². The first-order valence-corrected chi connectivity index (χ1v) is 9.24. The van der Waals surface area contributed by atoms with Crippen LogP contribution in [0.25, 0.3) is 0 Å². The average Bonchev–Trinajstić information content (AvgIpc) is 2.89. The molecule has 6 nitrogen and oxygen atoms in total. The molecule has 0 atom stereocenters. The SMILES string of the molecule is Cc1c(CCC(=O)O)ccc(OCc2cc(F)c(O)c3c2OC(C)(C)C3=O)c1C. The molecule has 1 aliphatic rings. The van der Waals surface area contributed by atoms with Crippen LogP contribution in [0.3, 0.4) is 0 Å². The molecule has 0 fully saturated rings. The smallest absolute Gasteiger partial charge is 0.303 e. The average molecular weight is 402 g/mol. The second-order valence-electron chi connectivity index (χ2n) is 7.67. The van der Waals surface area contributed by atoms with Gasteiger partial charge in [-0.1, -0.05) is 6.07 Å². The summed E-state index contributed by atoms with van der Waals surface area (Å²) in [6, 6.07) is 4.66. The molecule has 0 bridgehead atoms. The zero-order valence-electron chi connectivity index (χ0n) is 16.8. The van der Waals surface area contributed by atoms with Gasteiger partial charge in [0.1, 0.15) is 23.7 Å². The van der Waals surface area contributed by atoms with E-state index >= 15 is 0 Å². The molecule has 154 valence electrons. The van der Waals surface area contributed by atoms with Gasteiger partial charge >= 0.3 is 5.97 Å². The highest BCUT2D eigenvalue weighted by Gasteiger charge is 2.44. The molecule has 0 radical (unpaired) electrons. The minimum Gasteiger partial charge on any atom is -0.504 e. The number of phenolic OH excluding ortho intramolecular Hbond substituents is 1. The number of ether oxygens (including phenoxy) is 2. The number of hydrogen-bond donors (Lipinski definition) is 2. The Hall–Kier alpha value is -3.09. The fraction of sp³-hybridized carbons (Fsp3) is 0.364. The first kappa shape index (κ1) is 20.6. The van der Waals surface area contributed by atoms with Gasteiger partial charge in [-0.25, -0.2) is 4.39 Å². The van der Waals surface area contributed by atoms with E-state index < -0.39 is 28.9 Å². The molecule has 3 rings (SSSR count). The number of fused-ring (bicyclic) bond motifs is 1. The molecule has 7 heteroatoms. The van der Waals surface area contributed by atoms with E-state index in [-0.39, 0.29) is 24.3 Å². The van der Waals surface area contributed by atoms with E-state index in [2.05, 4.69) is 0 Å². The molecule has 29 heavy (non-hydrogen) atoms. The van der Waals surface area contributed by atoms with Gasteiger partial charge in [0.2, 0.25) is 5.78 Å². The molecule has 0 spiro atoms. The van der Waals surface area contributed by atoms with E-state index in [9.17, 15) is 19.1 Å². The maximum absolute atomic E-state index is 14.2. The number of carbonyl (C=O) groups is 2. The van der Waals surface area contributed by atoms with Crippen LogP contribution in [0.1, 0.15) is 52.9 Å². The van der Waals surface area contributed by atoms with Gasteiger partial charge in [-0.05, 0) is 62.9 Å². The van der Waals surface area contributed by atoms with Gasteiger partial charge in [-0.2, -0.15) is 0 Å². The highest BCUT2D eigenvalue weighted by atomic mass is 19.1. The number of halogens is 1. The van der Waals surface area contributed by atoms with Gasteiger partial charge in [0.25, 0.3) is 0 Å². The molecule has 0 amide bonds. The summed E-state index contributed by atoms with van der Waals surface area (Å²) >= 11 is 0. The monoisotopic (exact) mass is 402 g/mol. The highest BCUT2D eigenvalue weighted by molar-refractivity contribution is 6.09. The standard InChI is InChI=1S/C22H23FO6/c1-11-12(2)16(7-5-13(11)6-8-17(24)25)28-10-14-9-15(23)19(26)18-20(14)29-22(3,4)21(18)27/h5,7,9,26H,6,8,10H2,1-4H3,(H,24,25). The lowest BCUT2D eigenvalue weighted by Crippen LogP contribution is -2.32. The number of hydrogen-bond acceptors (Lipinski definition) is 5. The van der Waals surface area contributed by atoms with Crippen LogP contribution in [0.5, 0.6) is 17.2 Å². The van der Waals surface area contributed by atoms with Gasteiger partial charge in [0, 0.05) is 12.0 Å². The van der Waals surface area contributed by atoms with Gasteiger partial charge < -0.3 is 19.7 Å². The number of aromatic hydroxyl groups is 1. The number of rotatable bonds is 6. The van der Waals surface area contributed by atoms with Crippen molar-refractivity contribution in [2.24, 2.45) is 0 Å². The predicted octanol–water partition coefficient (Wildman–Crippen LogP) is 4.10. The van der Waals surface area contributed by atoms with Gasteiger partial charge in [-0.15, -0.1) is 0 Å². The lowest BCUT2D eigenvalue weighted by atomic mass is 9.97. The molecule has 0 unspecified atom stereocenters. The second kappa shape index (κ2) is 7.39. The quantitative estimate of drug-likeness (QED) is 0.756. The summed E-state index contributed by atoms with van der Waals surface area (Å²) in [5.41, 5.74) is 1.66. The first-order valence-electron chi connectivity index (χ1n) is 9.24. The molecule has 2 aromatic carbocycles. The van der Waals surface area contributed by atoms with Crippen molar-refractivity contribution in [1.29, 1.82) is 0 Å². The first-order chi connectivity index (χ1) is 13.5. The Morgan fingerprint density at radius 1 is 1.21 bits per heavy atom. The molecule has 1 heterocycles. The van der Waals surface area contributed by atoms with Gasteiger partial charge in [0.15, 0.2) is 17.2 Å². The molecule has 0 saturated carbocycles. The van der Waals surface area contributed by atoms with Gasteiger partial charge in [0.05, 0.1) is 0 Å². The van der Waals surface area contributed by atoms with Crippen LogP contribution in [0, 0.1) is 19.7 Å². The fourth-order valence-corrected chi connectivity index (χ4v) is 3.39. The van der Waals surface area contributed by atoms with E-state index in [1.165, 1.54) is 0 Å². The normalized spacial score (nSPS) is 14.4. The number of aryl methyl sites for hydroxylation is 1. The van der Waals surface area contributed by atoms with Crippen LogP contribution in [0.2, 0.25) is 0 Å². The van der Waals surface area contributed by atoms with Crippen LogP contribution in [0.15, 0.2) is 18.2 Å². The second-order valence-corrected chi connectivity index (χ2v) is 7.67. The van der Waals surface area contributed by atoms with Crippen molar-refractivity contribution in [2.75, 3.05) is 0 Å². The number of ketones is 1. The third kappa shape index (κ3) is 3.77. The summed E-state index contributed by atoms with van der Waals surface area (Å²) in [5, 5.41) is 18.8. The lowest BCUT2D eigenvalue weighted by Gasteiger charge is -2.18. The lowest BCUT2D eigenvalue weighted by molar-refractivity contribution is -0.136. The molecule has 0 saturated heterocycles. The number of carbonyl (C=O) groups excluding carboxylic acids is 1. The number of phenols is 1. The Bertz CT molecular complexity index is 1010. The molecule has 1 aliphatic heterocycles. The summed E-state index contributed by atoms with van der Waals surface area (Å²) in [6.07, 6.45) is 0.463. The highest BCUT2D eigenvalue weighted by Crippen LogP contribution is 2.44. The fourth-order valence-electron chi connectivity index (χ4n) is 3.39. The van der Waals surface area contributed by atoms with Crippen molar-refractivity contribution in [3.8, 4) is 17.2 Å². The molecular weight excluding hydrogens is 379 g/mol. The number of aliphatic carboxylic acids is 1. The molecule has 2 N–H and O–H groups in total. The minimum atomic E-state index is -1.19. The van der Waals surface area contributed by atoms with E-state index in [0.717, 1.165) is 22.8 Å². The van der Waals surface area contributed by atoms with Crippen molar-refractivity contribution in [3.05, 3.63) is 51.8 Å². The Balaban J connectivity index is 1.87. The summed E-state index contributed by atoms with van der Waals surface area (Å²) in [7, 11) is 0.